The number of aromatic nitrogens is 3. The minimum atomic E-state index is -0.321. The number of nitrogens with zero attached hydrogens (tertiary/aromatic N) is 4. The van der Waals surface area contributed by atoms with Gasteiger partial charge in [0, 0.05) is 24.3 Å². The highest BCUT2D eigenvalue weighted by Crippen LogP contribution is 2.37. The molecule has 2 aliphatic heterocycles. The number of benzene rings is 2. The van der Waals surface area contributed by atoms with E-state index in [2.05, 4.69) is 10.2 Å². The molecule has 0 saturated carbocycles. The maximum atomic E-state index is 13.2. The van der Waals surface area contributed by atoms with E-state index in [-0.39, 0.29) is 30.2 Å². The predicted molar refractivity (Wildman–Crippen MR) is 125 cm³/mol. The van der Waals surface area contributed by atoms with E-state index in [1.165, 1.54) is 11.8 Å². The number of fused-ring (bicyclic) bond motifs is 1. The number of hydrogen-bond donors (Lipinski definition) is 0. The van der Waals surface area contributed by atoms with Crippen molar-refractivity contribution in [2.75, 3.05) is 19.9 Å². The van der Waals surface area contributed by atoms with Gasteiger partial charge in [-0.3, -0.25) is 9.36 Å². The highest BCUT2D eigenvalue weighted by atomic mass is 32.2. The van der Waals surface area contributed by atoms with Crippen LogP contribution in [-0.2, 0) is 9.53 Å². The molecule has 2 aliphatic rings. The highest BCUT2D eigenvalue weighted by Gasteiger charge is 2.30. The van der Waals surface area contributed by atoms with Crippen LogP contribution in [0.2, 0.25) is 0 Å². The molecule has 1 saturated heterocycles. The Balaban J connectivity index is 1.46. The molecule has 1 amide bonds. The fourth-order valence-electron chi connectivity index (χ4n) is 4.20. The average molecular weight is 467 g/mol. The van der Waals surface area contributed by atoms with Gasteiger partial charge in [-0.15, -0.1) is 10.2 Å². The van der Waals surface area contributed by atoms with E-state index in [1.54, 1.807) is 0 Å². The van der Waals surface area contributed by atoms with E-state index in [0.29, 0.717) is 35.6 Å². The monoisotopic (exact) mass is 466 g/mol. The van der Waals surface area contributed by atoms with Crippen molar-refractivity contribution in [1.29, 1.82) is 0 Å². The molecular formula is C24H26N4O4S. The Morgan fingerprint density at radius 3 is 2.52 bits per heavy atom. The summed E-state index contributed by atoms with van der Waals surface area (Å²) in [6.07, 6.45) is 0.0564. The molecule has 9 heteroatoms. The zero-order valence-corrected chi connectivity index (χ0v) is 19.6. The largest absolute Gasteiger partial charge is 0.454 e. The third-order valence-electron chi connectivity index (χ3n) is 5.64. The molecular weight excluding hydrogens is 440 g/mol. The van der Waals surface area contributed by atoms with E-state index in [0.717, 1.165) is 11.3 Å². The first-order valence-corrected chi connectivity index (χ1v) is 11.9. The fraction of sp³-hybridized carbons (Fsp3) is 0.375. The molecule has 0 unspecified atom stereocenters. The van der Waals surface area contributed by atoms with Gasteiger partial charge >= 0.3 is 0 Å². The zero-order chi connectivity index (χ0) is 22.9. The second-order valence-electron chi connectivity index (χ2n) is 8.31. The summed E-state index contributed by atoms with van der Waals surface area (Å²) in [7, 11) is 0. The average Bonchev–Trinajstić information content (AvgIpc) is 3.44. The van der Waals surface area contributed by atoms with E-state index in [9.17, 15) is 4.79 Å². The van der Waals surface area contributed by atoms with Crippen LogP contribution in [0.4, 0.5) is 0 Å². The molecule has 3 aromatic rings. The smallest absolute Gasteiger partial charge is 0.236 e. The summed E-state index contributed by atoms with van der Waals surface area (Å²) in [6, 6.07) is 15.6. The van der Waals surface area contributed by atoms with Crippen LogP contribution >= 0.6 is 11.8 Å². The van der Waals surface area contributed by atoms with E-state index >= 15 is 0 Å². The molecule has 3 heterocycles. The molecule has 172 valence electrons. The van der Waals surface area contributed by atoms with Crippen molar-refractivity contribution in [1.82, 2.24) is 19.7 Å². The second-order valence-corrected chi connectivity index (χ2v) is 9.61. The topological polar surface area (TPSA) is 78.7 Å². The molecule has 0 spiro atoms. The van der Waals surface area contributed by atoms with Gasteiger partial charge in [0.15, 0.2) is 22.5 Å². The molecule has 1 fully saturated rings. The molecule has 2 aromatic carbocycles. The quantitative estimate of drug-likeness (QED) is 0.530. The summed E-state index contributed by atoms with van der Waals surface area (Å²) in [5.74, 6) is 2.15. The molecule has 33 heavy (non-hydrogen) atoms. The van der Waals surface area contributed by atoms with E-state index < -0.39 is 0 Å². The van der Waals surface area contributed by atoms with Crippen LogP contribution in [0, 0.1) is 0 Å². The number of rotatable bonds is 5. The summed E-state index contributed by atoms with van der Waals surface area (Å²) in [6.45, 7) is 7.32. The third-order valence-corrected chi connectivity index (χ3v) is 6.67. The lowest BCUT2D eigenvalue weighted by molar-refractivity contribution is -0.142. The van der Waals surface area contributed by atoms with Crippen LogP contribution in [0.15, 0.2) is 53.7 Å². The van der Waals surface area contributed by atoms with Crippen LogP contribution in [0.3, 0.4) is 0 Å². The Kier molecular flexibility index (Phi) is 5.99. The predicted octanol–water partition coefficient (Wildman–Crippen LogP) is 3.78. The molecule has 5 rings (SSSR count). The lowest BCUT2D eigenvalue weighted by Crippen LogP contribution is -2.50. The Hall–Kier alpha value is -3.04. The summed E-state index contributed by atoms with van der Waals surface area (Å²) in [4.78, 5) is 15.1. The lowest BCUT2D eigenvalue weighted by atomic mass is 10.2. The van der Waals surface area contributed by atoms with Crippen LogP contribution in [-0.4, -0.2) is 62.9 Å². The van der Waals surface area contributed by atoms with Gasteiger partial charge in [-0.25, -0.2) is 0 Å². The lowest BCUT2D eigenvalue weighted by Gasteiger charge is -2.36. The van der Waals surface area contributed by atoms with Crippen LogP contribution < -0.4 is 9.47 Å². The summed E-state index contributed by atoms with van der Waals surface area (Å²) < 4.78 is 18.8. The minimum absolute atomic E-state index is 0.0282. The Bertz CT molecular complexity index is 1140. The number of carbonyl (C=O) groups is 1. The van der Waals surface area contributed by atoms with Gasteiger partial charge in [-0.2, -0.15) is 0 Å². The van der Waals surface area contributed by atoms with Crippen LogP contribution in [0.5, 0.6) is 11.5 Å². The molecule has 0 aliphatic carbocycles. The van der Waals surface area contributed by atoms with E-state index in [4.69, 9.17) is 14.2 Å². The summed E-state index contributed by atoms with van der Waals surface area (Å²) in [5, 5.41) is 9.29. The number of thioether (sulfide) groups is 1. The van der Waals surface area contributed by atoms with Gasteiger partial charge in [0.05, 0.1) is 17.5 Å². The van der Waals surface area contributed by atoms with Crippen molar-refractivity contribution in [3.05, 3.63) is 48.5 Å². The van der Waals surface area contributed by atoms with Crippen LogP contribution in [0.1, 0.15) is 20.8 Å². The van der Waals surface area contributed by atoms with E-state index in [1.807, 2.05) is 78.8 Å². The fourth-order valence-corrected chi connectivity index (χ4v) is 5.15. The first kappa shape index (κ1) is 21.8. The first-order chi connectivity index (χ1) is 16.0. The molecule has 0 N–H and O–H groups in total. The number of morpholine rings is 1. The van der Waals surface area contributed by atoms with Crippen molar-refractivity contribution < 1.29 is 19.0 Å². The number of carbonyl (C=O) groups excluding carboxylic acids is 1. The first-order valence-electron chi connectivity index (χ1n) is 11.0. The minimum Gasteiger partial charge on any atom is -0.454 e. The maximum Gasteiger partial charge on any atom is 0.236 e. The van der Waals surface area contributed by atoms with Crippen molar-refractivity contribution >= 4 is 17.7 Å². The number of ether oxygens (including phenoxy) is 3. The van der Waals surface area contributed by atoms with Crippen molar-refractivity contribution in [2.45, 2.75) is 43.4 Å². The van der Waals surface area contributed by atoms with Crippen molar-refractivity contribution in [2.24, 2.45) is 0 Å². The Labute approximate surface area is 196 Å². The van der Waals surface area contributed by atoms with Crippen molar-refractivity contribution in [3.8, 4) is 28.6 Å². The van der Waals surface area contributed by atoms with Crippen LogP contribution in [0.25, 0.3) is 17.1 Å². The molecule has 0 radical (unpaired) electrons. The third kappa shape index (κ3) is 4.43. The van der Waals surface area contributed by atoms with Gasteiger partial charge in [0.2, 0.25) is 12.7 Å². The molecule has 1 aromatic heterocycles. The summed E-state index contributed by atoms with van der Waals surface area (Å²) >= 11 is 1.41. The Morgan fingerprint density at radius 1 is 1.03 bits per heavy atom. The molecule has 3 atom stereocenters. The van der Waals surface area contributed by atoms with Gasteiger partial charge < -0.3 is 19.1 Å². The van der Waals surface area contributed by atoms with Gasteiger partial charge in [0.25, 0.3) is 0 Å². The standard InChI is InChI=1S/C24H26N4O4S/c1-15-12-27(13-16(2)32-15)23(29)17(3)33-24-26-25-22(28(24)19-7-5-4-6-8-19)18-9-10-20-21(11-18)31-14-30-20/h4-11,15-17H,12-14H2,1-3H3/t15-,16-,17-/m1/s1. The number of hydrogen-bond acceptors (Lipinski definition) is 7. The number of para-hydroxylation sites is 1. The number of amides is 1. The highest BCUT2D eigenvalue weighted by molar-refractivity contribution is 8.00. The second kappa shape index (κ2) is 9.07. The molecule has 8 nitrogen and oxygen atoms in total. The van der Waals surface area contributed by atoms with Gasteiger partial charge in [0.1, 0.15) is 0 Å². The maximum absolute atomic E-state index is 13.2. The Morgan fingerprint density at radius 2 is 1.76 bits per heavy atom. The normalized spacial score (nSPS) is 20.6. The van der Waals surface area contributed by atoms with Gasteiger partial charge in [-0.1, -0.05) is 30.0 Å². The SMILES string of the molecule is C[C@@H]1CN(C(=O)[C@@H](C)Sc2nnc(-c3ccc4c(c3)OCO4)n2-c2ccccc2)C[C@@H](C)O1. The zero-order valence-electron chi connectivity index (χ0n) is 18.8. The van der Waals surface area contributed by atoms with Crippen molar-refractivity contribution in [3.63, 3.8) is 0 Å². The molecule has 0 bridgehead atoms. The summed E-state index contributed by atoms with van der Waals surface area (Å²) in [5.41, 5.74) is 1.78. The van der Waals surface area contributed by atoms with Gasteiger partial charge in [-0.05, 0) is 51.1 Å².